The summed E-state index contributed by atoms with van der Waals surface area (Å²) in [6.07, 6.45) is -0.501. The largest absolute Gasteiger partial charge is 0.389 e. The van der Waals surface area contributed by atoms with Crippen LogP contribution < -0.4 is 4.90 Å². The van der Waals surface area contributed by atoms with E-state index in [0.717, 1.165) is 6.07 Å². The molecule has 1 aromatic carbocycles. The molecule has 2 aliphatic heterocycles. The Labute approximate surface area is 119 Å². The molecule has 1 atom stereocenters. The molecule has 1 N–H and O–H groups in total. The van der Waals surface area contributed by atoms with Crippen LogP contribution in [-0.2, 0) is 9.59 Å². The van der Waals surface area contributed by atoms with Gasteiger partial charge in [-0.3, -0.25) is 9.59 Å². The van der Waals surface area contributed by atoms with Crippen molar-refractivity contribution in [2.75, 3.05) is 24.5 Å². The Bertz CT molecular complexity index is 602. The van der Waals surface area contributed by atoms with E-state index >= 15 is 0 Å². The van der Waals surface area contributed by atoms with Gasteiger partial charge in [0.1, 0.15) is 11.6 Å². The standard InChI is InChI=1S/C14H14F2N2O3/c15-9-1-2-12(11(16)4-9)18-5-8(3-13(18)20)14(21)17-6-10(19)7-17/h1-2,4,8,10,19H,3,5-7H2. The second kappa shape index (κ2) is 5.07. The Balaban J connectivity index is 1.74. The first kappa shape index (κ1) is 13.9. The van der Waals surface area contributed by atoms with Gasteiger partial charge < -0.3 is 14.9 Å². The minimum atomic E-state index is -0.823. The van der Waals surface area contributed by atoms with Crippen molar-refractivity contribution >= 4 is 17.5 Å². The van der Waals surface area contributed by atoms with Crippen LogP contribution in [0.25, 0.3) is 0 Å². The van der Waals surface area contributed by atoms with Gasteiger partial charge >= 0.3 is 0 Å². The van der Waals surface area contributed by atoms with E-state index in [1.165, 1.54) is 15.9 Å². The van der Waals surface area contributed by atoms with E-state index in [9.17, 15) is 23.5 Å². The van der Waals surface area contributed by atoms with E-state index in [0.29, 0.717) is 6.07 Å². The molecule has 112 valence electrons. The SMILES string of the molecule is O=C(C1CC(=O)N(c2ccc(F)cc2F)C1)N1CC(O)C1. The van der Waals surface area contributed by atoms with Gasteiger partial charge in [-0.05, 0) is 12.1 Å². The molecule has 2 saturated heterocycles. The number of amides is 2. The van der Waals surface area contributed by atoms with Crippen LogP contribution in [0.2, 0.25) is 0 Å². The molecule has 0 spiro atoms. The highest BCUT2D eigenvalue weighted by molar-refractivity contribution is 6.00. The highest BCUT2D eigenvalue weighted by Crippen LogP contribution is 2.29. The molecule has 21 heavy (non-hydrogen) atoms. The lowest BCUT2D eigenvalue weighted by atomic mass is 10.0. The zero-order chi connectivity index (χ0) is 15.1. The monoisotopic (exact) mass is 296 g/mol. The molecule has 0 saturated carbocycles. The van der Waals surface area contributed by atoms with Gasteiger partial charge in [0.15, 0.2) is 0 Å². The average Bonchev–Trinajstić information content (AvgIpc) is 2.76. The topological polar surface area (TPSA) is 60.9 Å². The predicted molar refractivity (Wildman–Crippen MR) is 69.4 cm³/mol. The summed E-state index contributed by atoms with van der Waals surface area (Å²) in [7, 11) is 0. The fraction of sp³-hybridized carbons (Fsp3) is 0.429. The van der Waals surface area contributed by atoms with E-state index in [-0.39, 0.29) is 43.6 Å². The minimum Gasteiger partial charge on any atom is -0.389 e. The maximum absolute atomic E-state index is 13.7. The van der Waals surface area contributed by atoms with Crippen LogP contribution in [0.5, 0.6) is 0 Å². The highest BCUT2D eigenvalue weighted by Gasteiger charge is 2.40. The molecular formula is C14H14F2N2O3. The summed E-state index contributed by atoms with van der Waals surface area (Å²) < 4.78 is 26.6. The summed E-state index contributed by atoms with van der Waals surface area (Å²) in [6, 6.07) is 2.99. The van der Waals surface area contributed by atoms with Crippen LogP contribution in [0.4, 0.5) is 14.5 Å². The van der Waals surface area contributed by atoms with E-state index < -0.39 is 23.7 Å². The number of anilines is 1. The molecule has 5 nitrogen and oxygen atoms in total. The van der Waals surface area contributed by atoms with Crippen LogP contribution in [0.1, 0.15) is 6.42 Å². The number of carbonyl (C=O) groups is 2. The van der Waals surface area contributed by atoms with Gasteiger partial charge in [0, 0.05) is 32.1 Å². The zero-order valence-electron chi connectivity index (χ0n) is 11.1. The summed E-state index contributed by atoms with van der Waals surface area (Å²) in [6.45, 7) is 0.621. The molecule has 2 heterocycles. The lowest BCUT2D eigenvalue weighted by molar-refractivity contribution is -0.145. The van der Waals surface area contributed by atoms with Gasteiger partial charge in [0.2, 0.25) is 11.8 Å². The van der Waals surface area contributed by atoms with E-state index in [1.54, 1.807) is 0 Å². The molecule has 7 heteroatoms. The van der Waals surface area contributed by atoms with Gasteiger partial charge in [-0.15, -0.1) is 0 Å². The number of nitrogens with zero attached hydrogens (tertiary/aromatic N) is 2. The molecule has 2 fully saturated rings. The summed E-state index contributed by atoms with van der Waals surface area (Å²) in [5.41, 5.74) is -0.0136. The van der Waals surface area contributed by atoms with Crippen molar-refractivity contribution in [1.29, 1.82) is 0 Å². The smallest absolute Gasteiger partial charge is 0.228 e. The van der Waals surface area contributed by atoms with E-state index in [2.05, 4.69) is 0 Å². The maximum atomic E-state index is 13.7. The number of rotatable bonds is 2. The van der Waals surface area contributed by atoms with Crippen LogP contribution in [0.15, 0.2) is 18.2 Å². The van der Waals surface area contributed by atoms with E-state index in [4.69, 9.17) is 0 Å². The number of aliphatic hydroxyl groups is 1. The van der Waals surface area contributed by atoms with Crippen LogP contribution in [0.3, 0.4) is 0 Å². The van der Waals surface area contributed by atoms with Crippen molar-refractivity contribution in [1.82, 2.24) is 4.90 Å². The van der Waals surface area contributed by atoms with Gasteiger partial charge in [-0.25, -0.2) is 8.78 Å². The van der Waals surface area contributed by atoms with Crippen molar-refractivity contribution < 1.29 is 23.5 Å². The molecule has 2 aliphatic rings. The minimum absolute atomic E-state index is 0.00223. The second-order valence-electron chi connectivity index (χ2n) is 5.40. The first-order valence-electron chi connectivity index (χ1n) is 6.68. The molecule has 0 aromatic heterocycles. The Kier molecular flexibility index (Phi) is 3.36. The molecule has 0 aliphatic carbocycles. The maximum Gasteiger partial charge on any atom is 0.228 e. The van der Waals surface area contributed by atoms with Crippen LogP contribution in [0, 0.1) is 17.6 Å². The third-order valence-electron chi connectivity index (χ3n) is 3.85. The number of β-amino-alcohol motifs (C(OH)–C–C–N with tert-alkyl or cyclic N) is 1. The lowest BCUT2D eigenvalue weighted by Crippen LogP contribution is -2.55. The summed E-state index contributed by atoms with van der Waals surface area (Å²) in [5, 5.41) is 9.20. The van der Waals surface area contributed by atoms with Crippen molar-refractivity contribution in [2.45, 2.75) is 12.5 Å². The summed E-state index contributed by atoms with van der Waals surface area (Å²) in [4.78, 5) is 26.7. The van der Waals surface area contributed by atoms with Crippen molar-refractivity contribution in [3.05, 3.63) is 29.8 Å². The number of halogens is 2. The Morgan fingerprint density at radius 1 is 1.24 bits per heavy atom. The fourth-order valence-corrected chi connectivity index (χ4v) is 2.70. The third-order valence-corrected chi connectivity index (χ3v) is 3.85. The molecule has 3 rings (SSSR count). The Morgan fingerprint density at radius 3 is 2.57 bits per heavy atom. The Morgan fingerprint density at radius 2 is 1.95 bits per heavy atom. The second-order valence-corrected chi connectivity index (χ2v) is 5.40. The number of hydrogen-bond donors (Lipinski definition) is 1. The van der Waals surface area contributed by atoms with Crippen LogP contribution in [-0.4, -0.2) is 47.6 Å². The van der Waals surface area contributed by atoms with Crippen molar-refractivity contribution in [2.24, 2.45) is 5.92 Å². The lowest BCUT2D eigenvalue weighted by Gasteiger charge is -2.37. The Hall–Kier alpha value is -2.02. The number of likely N-dealkylation sites (tertiary alicyclic amines) is 1. The molecule has 0 bridgehead atoms. The molecule has 1 unspecified atom stereocenters. The van der Waals surface area contributed by atoms with Crippen LogP contribution >= 0.6 is 0 Å². The molecular weight excluding hydrogens is 282 g/mol. The number of aliphatic hydroxyl groups excluding tert-OH is 1. The van der Waals surface area contributed by atoms with Crippen molar-refractivity contribution in [3.8, 4) is 0 Å². The first-order chi connectivity index (χ1) is 9.95. The number of carbonyl (C=O) groups excluding carboxylic acids is 2. The van der Waals surface area contributed by atoms with Gasteiger partial charge in [-0.2, -0.15) is 0 Å². The highest BCUT2D eigenvalue weighted by atomic mass is 19.1. The number of hydrogen-bond acceptors (Lipinski definition) is 3. The average molecular weight is 296 g/mol. The fourth-order valence-electron chi connectivity index (χ4n) is 2.70. The summed E-state index contributed by atoms with van der Waals surface area (Å²) >= 11 is 0. The van der Waals surface area contributed by atoms with Gasteiger partial charge in [0.25, 0.3) is 0 Å². The predicted octanol–water partition coefficient (Wildman–Crippen LogP) is 0.521. The zero-order valence-corrected chi connectivity index (χ0v) is 11.1. The quantitative estimate of drug-likeness (QED) is 0.865. The molecule has 1 aromatic rings. The molecule has 0 radical (unpaired) electrons. The van der Waals surface area contributed by atoms with Gasteiger partial charge in [-0.1, -0.05) is 0 Å². The van der Waals surface area contributed by atoms with E-state index in [1.807, 2.05) is 0 Å². The molecule has 2 amide bonds. The summed E-state index contributed by atoms with van der Waals surface area (Å²) in [5.74, 6) is -2.66. The third kappa shape index (κ3) is 2.49. The number of benzene rings is 1. The van der Waals surface area contributed by atoms with Crippen molar-refractivity contribution in [3.63, 3.8) is 0 Å². The normalized spacial score (nSPS) is 22.6. The first-order valence-corrected chi connectivity index (χ1v) is 6.68. The van der Waals surface area contributed by atoms with Gasteiger partial charge in [0.05, 0.1) is 17.7 Å².